The van der Waals surface area contributed by atoms with E-state index >= 15 is 0 Å². The molecule has 0 aromatic carbocycles. The Kier molecular flexibility index (Phi) is 3.32. The fourth-order valence-corrected chi connectivity index (χ4v) is 5.62. The third kappa shape index (κ3) is 2.15. The summed E-state index contributed by atoms with van der Waals surface area (Å²) in [5.74, 6) is 0.371. The minimum absolute atomic E-state index is 0.0269. The summed E-state index contributed by atoms with van der Waals surface area (Å²) in [6.07, 6.45) is 9.10. The van der Waals surface area contributed by atoms with E-state index in [0.29, 0.717) is 12.0 Å². The zero-order valence-electron chi connectivity index (χ0n) is 14.8. The van der Waals surface area contributed by atoms with Crippen molar-refractivity contribution in [1.82, 2.24) is 0 Å². The molecule has 4 aliphatic rings. The lowest BCUT2D eigenvalue weighted by molar-refractivity contribution is -0.139. The molecule has 2 bridgehead atoms. The van der Waals surface area contributed by atoms with Gasteiger partial charge in [0.1, 0.15) is 6.10 Å². The number of hydrogen-bond donors (Lipinski definition) is 0. The van der Waals surface area contributed by atoms with E-state index in [1.807, 2.05) is 6.92 Å². The highest BCUT2D eigenvalue weighted by molar-refractivity contribution is 5.91. The maximum absolute atomic E-state index is 12.1. The molecule has 126 valence electrons. The third-order valence-corrected chi connectivity index (χ3v) is 7.12. The molecule has 23 heavy (non-hydrogen) atoms. The number of esters is 1. The van der Waals surface area contributed by atoms with Gasteiger partial charge in [-0.1, -0.05) is 18.6 Å². The zero-order valence-corrected chi connectivity index (χ0v) is 14.8. The highest BCUT2D eigenvalue weighted by atomic mass is 16.5. The van der Waals surface area contributed by atoms with E-state index in [-0.39, 0.29) is 23.1 Å². The van der Waals surface area contributed by atoms with Gasteiger partial charge in [-0.05, 0) is 69.8 Å². The predicted molar refractivity (Wildman–Crippen MR) is 88.9 cm³/mol. The number of carbonyl (C=O) groups is 1. The average molecular weight is 316 g/mol. The van der Waals surface area contributed by atoms with Crippen molar-refractivity contribution in [2.45, 2.75) is 84.0 Å². The molecule has 3 aliphatic heterocycles. The van der Waals surface area contributed by atoms with Gasteiger partial charge in [0, 0.05) is 12.0 Å². The van der Waals surface area contributed by atoms with Gasteiger partial charge < -0.3 is 9.47 Å². The summed E-state index contributed by atoms with van der Waals surface area (Å²) >= 11 is 0. The predicted octanol–water partition coefficient (Wildman–Crippen LogP) is 4.32. The van der Waals surface area contributed by atoms with Crippen LogP contribution in [0.25, 0.3) is 0 Å². The fourth-order valence-electron chi connectivity index (χ4n) is 5.62. The SMILES string of the molecule is CC1=CCCC2(C)C3CCC(C)(O3)C2CC2=C(C)C(=O)OC2C1. The Labute approximate surface area is 139 Å². The summed E-state index contributed by atoms with van der Waals surface area (Å²) in [4.78, 5) is 12.1. The standard InChI is InChI=1S/C20H28O3/c1-12-6-5-8-19(3)16(20(4)9-7-17(19)23-20)11-14-13(2)18(21)22-15(14)10-12/h6,15-17H,5,7-11H2,1-4H3. The normalized spacial score (nSPS) is 46.3. The Morgan fingerprint density at radius 2 is 1.96 bits per heavy atom. The lowest BCUT2D eigenvalue weighted by Gasteiger charge is -2.43. The molecule has 4 rings (SSSR count). The third-order valence-electron chi connectivity index (χ3n) is 7.12. The minimum atomic E-state index is -0.118. The van der Waals surface area contributed by atoms with Gasteiger partial charge in [-0.3, -0.25) is 0 Å². The van der Waals surface area contributed by atoms with Crippen LogP contribution in [-0.4, -0.2) is 23.8 Å². The molecule has 0 radical (unpaired) electrons. The van der Waals surface area contributed by atoms with Crippen LogP contribution in [0.4, 0.5) is 0 Å². The molecule has 2 saturated heterocycles. The van der Waals surface area contributed by atoms with E-state index < -0.39 is 0 Å². The van der Waals surface area contributed by atoms with E-state index in [0.717, 1.165) is 31.3 Å². The first-order valence-electron chi connectivity index (χ1n) is 9.07. The van der Waals surface area contributed by atoms with E-state index in [1.165, 1.54) is 24.0 Å². The first-order chi connectivity index (χ1) is 10.8. The molecule has 1 aliphatic carbocycles. The van der Waals surface area contributed by atoms with Crippen molar-refractivity contribution >= 4 is 5.97 Å². The van der Waals surface area contributed by atoms with Crippen LogP contribution in [0.2, 0.25) is 0 Å². The first-order valence-corrected chi connectivity index (χ1v) is 9.07. The Hall–Kier alpha value is -1.09. The maximum Gasteiger partial charge on any atom is 0.334 e. The number of ether oxygens (including phenoxy) is 2. The van der Waals surface area contributed by atoms with Gasteiger partial charge in [0.05, 0.1) is 11.7 Å². The monoisotopic (exact) mass is 316 g/mol. The summed E-state index contributed by atoms with van der Waals surface area (Å²) in [5, 5.41) is 0. The molecule has 2 fully saturated rings. The number of rotatable bonds is 0. The molecule has 5 unspecified atom stereocenters. The number of carbonyl (C=O) groups excluding carboxylic acids is 1. The second-order valence-corrected chi connectivity index (χ2v) is 8.56. The Morgan fingerprint density at radius 3 is 2.74 bits per heavy atom. The van der Waals surface area contributed by atoms with Crippen LogP contribution in [-0.2, 0) is 14.3 Å². The summed E-state index contributed by atoms with van der Waals surface area (Å²) in [7, 11) is 0. The minimum Gasteiger partial charge on any atom is -0.454 e. The van der Waals surface area contributed by atoms with E-state index in [4.69, 9.17) is 9.47 Å². The van der Waals surface area contributed by atoms with Crippen LogP contribution in [0.1, 0.15) is 66.2 Å². The van der Waals surface area contributed by atoms with Crippen molar-refractivity contribution < 1.29 is 14.3 Å². The van der Waals surface area contributed by atoms with Crippen molar-refractivity contribution in [2.75, 3.05) is 0 Å². The van der Waals surface area contributed by atoms with Crippen molar-refractivity contribution in [1.29, 1.82) is 0 Å². The molecule has 3 heterocycles. The summed E-state index contributed by atoms with van der Waals surface area (Å²) in [6.45, 7) is 8.81. The fraction of sp³-hybridized carbons (Fsp3) is 0.750. The van der Waals surface area contributed by atoms with Gasteiger partial charge in [-0.15, -0.1) is 0 Å². The molecule has 3 heteroatoms. The van der Waals surface area contributed by atoms with Gasteiger partial charge in [0.15, 0.2) is 0 Å². The molecule has 0 aromatic heterocycles. The topological polar surface area (TPSA) is 35.5 Å². The second kappa shape index (κ2) is 4.95. The average Bonchev–Trinajstić information content (AvgIpc) is 3.05. The number of allylic oxidation sites excluding steroid dienone is 1. The maximum atomic E-state index is 12.1. The number of hydrogen-bond acceptors (Lipinski definition) is 3. The molecular weight excluding hydrogens is 288 g/mol. The van der Waals surface area contributed by atoms with Crippen molar-refractivity contribution in [3.8, 4) is 0 Å². The molecule has 0 aromatic rings. The van der Waals surface area contributed by atoms with Crippen LogP contribution >= 0.6 is 0 Å². The van der Waals surface area contributed by atoms with Crippen molar-refractivity contribution in [3.63, 3.8) is 0 Å². The Balaban J connectivity index is 1.77. The smallest absolute Gasteiger partial charge is 0.334 e. The summed E-state index contributed by atoms with van der Waals surface area (Å²) in [5.41, 5.74) is 3.61. The summed E-state index contributed by atoms with van der Waals surface area (Å²) < 4.78 is 12.2. The van der Waals surface area contributed by atoms with Gasteiger partial charge in [0.2, 0.25) is 0 Å². The van der Waals surface area contributed by atoms with Gasteiger partial charge >= 0.3 is 5.97 Å². The quantitative estimate of drug-likeness (QED) is 0.493. The second-order valence-electron chi connectivity index (χ2n) is 8.56. The van der Waals surface area contributed by atoms with E-state index in [2.05, 4.69) is 26.8 Å². The molecule has 5 atom stereocenters. The molecule has 0 spiro atoms. The summed E-state index contributed by atoms with van der Waals surface area (Å²) in [6, 6.07) is 0. The lowest BCUT2D eigenvalue weighted by Crippen LogP contribution is -2.43. The van der Waals surface area contributed by atoms with E-state index in [1.54, 1.807) is 0 Å². The van der Waals surface area contributed by atoms with Gasteiger partial charge in [-0.2, -0.15) is 0 Å². The van der Waals surface area contributed by atoms with Crippen LogP contribution in [0.3, 0.4) is 0 Å². The molecule has 0 saturated carbocycles. The number of fused-ring (bicyclic) bond motifs is 6. The first kappa shape index (κ1) is 15.4. The largest absolute Gasteiger partial charge is 0.454 e. The highest BCUT2D eigenvalue weighted by Crippen LogP contribution is 2.62. The van der Waals surface area contributed by atoms with Crippen molar-refractivity contribution in [3.05, 3.63) is 22.8 Å². The molecule has 0 amide bonds. The van der Waals surface area contributed by atoms with Crippen molar-refractivity contribution in [2.24, 2.45) is 11.3 Å². The van der Waals surface area contributed by atoms with Gasteiger partial charge in [-0.25, -0.2) is 4.79 Å². The Bertz CT molecular complexity index is 616. The van der Waals surface area contributed by atoms with Crippen LogP contribution < -0.4 is 0 Å². The lowest BCUT2D eigenvalue weighted by atomic mass is 9.59. The highest BCUT2D eigenvalue weighted by Gasteiger charge is 2.62. The van der Waals surface area contributed by atoms with E-state index in [9.17, 15) is 4.79 Å². The van der Waals surface area contributed by atoms with Crippen LogP contribution in [0, 0.1) is 11.3 Å². The molecular formula is C20H28O3. The Morgan fingerprint density at radius 1 is 1.17 bits per heavy atom. The van der Waals surface area contributed by atoms with Crippen LogP contribution in [0.15, 0.2) is 22.8 Å². The zero-order chi connectivity index (χ0) is 16.4. The molecule has 0 N–H and O–H groups in total. The van der Waals surface area contributed by atoms with Gasteiger partial charge in [0.25, 0.3) is 0 Å². The molecule has 3 nitrogen and oxygen atoms in total. The van der Waals surface area contributed by atoms with Crippen LogP contribution in [0.5, 0.6) is 0 Å².